The highest BCUT2D eigenvalue weighted by Crippen LogP contribution is 2.35. The third-order valence-electron chi connectivity index (χ3n) is 3.69. The van der Waals surface area contributed by atoms with Crippen molar-refractivity contribution in [1.82, 2.24) is 0 Å². The number of thioether (sulfide) groups is 1. The predicted molar refractivity (Wildman–Crippen MR) is 92.8 cm³/mol. The van der Waals surface area contributed by atoms with Gasteiger partial charge in [-0.05, 0) is 54.0 Å². The molecule has 2 aromatic rings. The van der Waals surface area contributed by atoms with Crippen molar-refractivity contribution in [3.8, 4) is 5.75 Å². The van der Waals surface area contributed by atoms with E-state index in [9.17, 15) is 0 Å². The maximum absolute atomic E-state index is 6.42. The number of methoxy groups -OCH3 is 1. The van der Waals surface area contributed by atoms with Crippen LogP contribution in [0, 0.1) is 0 Å². The summed E-state index contributed by atoms with van der Waals surface area (Å²) in [7, 11) is 1.68. The molecule has 0 saturated carbocycles. The molecule has 0 amide bonds. The van der Waals surface area contributed by atoms with E-state index in [-0.39, 0.29) is 6.04 Å². The number of aryl methyl sites for hydroxylation is 1. The fraction of sp³-hybridized carbons (Fsp3) is 0.375. The quantitative estimate of drug-likeness (QED) is 0.894. The van der Waals surface area contributed by atoms with Crippen molar-refractivity contribution in [1.29, 1.82) is 0 Å². The fourth-order valence-electron chi connectivity index (χ4n) is 2.60. The maximum atomic E-state index is 6.42. The first-order valence-corrected chi connectivity index (χ1v) is 9.29. The molecule has 0 radical (unpaired) electrons. The number of thiophene rings is 1. The molecule has 2 nitrogen and oxygen atoms in total. The van der Waals surface area contributed by atoms with E-state index in [0.717, 1.165) is 28.5 Å². The van der Waals surface area contributed by atoms with Crippen LogP contribution in [-0.4, -0.2) is 12.9 Å². The summed E-state index contributed by atoms with van der Waals surface area (Å²) < 4.78 is 5.40. The summed E-state index contributed by atoms with van der Waals surface area (Å²) in [5, 5.41) is 0.722. The fourth-order valence-corrected chi connectivity index (χ4v) is 5.17. The molecular weight excluding hydrogens is 322 g/mol. The van der Waals surface area contributed by atoms with Gasteiger partial charge in [-0.3, -0.25) is 0 Å². The van der Waals surface area contributed by atoms with E-state index in [1.807, 2.05) is 41.3 Å². The Morgan fingerprint density at radius 3 is 3.00 bits per heavy atom. The van der Waals surface area contributed by atoms with Gasteiger partial charge < -0.3 is 10.5 Å². The molecule has 21 heavy (non-hydrogen) atoms. The van der Waals surface area contributed by atoms with Gasteiger partial charge in [0.25, 0.3) is 0 Å². The van der Waals surface area contributed by atoms with Crippen LogP contribution in [0.15, 0.2) is 24.3 Å². The Kier molecular flexibility index (Phi) is 4.79. The van der Waals surface area contributed by atoms with Crippen LogP contribution in [0.3, 0.4) is 0 Å². The van der Waals surface area contributed by atoms with Gasteiger partial charge in [0.1, 0.15) is 5.75 Å². The van der Waals surface area contributed by atoms with Crippen LogP contribution >= 0.6 is 34.7 Å². The van der Waals surface area contributed by atoms with Crippen molar-refractivity contribution in [2.24, 2.45) is 5.73 Å². The summed E-state index contributed by atoms with van der Waals surface area (Å²) in [6.07, 6.45) is 1.92. The minimum atomic E-state index is -0.00188. The summed E-state index contributed by atoms with van der Waals surface area (Å²) >= 11 is 9.96. The van der Waals surface area contributed by atoms with Gasteiger partial charge in [0.2, 0.25) is 0 Å². The lowest BCUT2D eigenvalue weighted by Crippen LogP contribution is -2.12. The Morgan fingerprint density at radius 2 is 2.24 bits per heavy atom. The number of benzene rings is 1. The third kappa shape index (κ3) is 3.39. The zero-order valence-corrected chi connectivity index (χ0v) is 14.3. The van der Waals surface area contributed by atoms with E-state index in [0.29, 0.717) is 0 Å². The van der Waals surface area contributed by atoms with Crippen LogP contribution in [0.25, 0.3) is 0 Å². The molecule has 0 spiro atoms. The van der Waals surface area contributed by atoms with E-state index in [1.54, 1.807) is 7.11 Å². The average Bonchev–Trinajstić information content (AvgIpc) is 2.91. The molecule has 1 aliphatic heterocycles. The molecule has 2 heterocycles. The molecule has 0 bridgehead atoms. The van der Waals surface area contributed by atoms with Gasteiger partial charge in [-0.15, -0.1) is 11.3 Å². The first kappa shape index (κ1) is 15.2. The van der Waals surface area contributed by atoms with Crippen molar-refractivity contribution in [3.05, 3.63) is 50.2 Å². The highest BCUT2D eigenvalue weighted by molar-refractivity contribution is 7.98. The van der Waals surface area contributed by atoms with Gasteiger partial charge in [0.15, 0.2) is 0 Å². The number of fused-ring (bicyclic) bond motifs is 1. The van der Waals surface area contributed by atoms with Crippen LogP contribution < -0.4 is 10.5 Å². The zero-order valence-electron chi connectivity index (χ0n) is 11.9. The number of ether oxygens (including phenoxy) is 1. The van der Waals surface area contributed by atoms with Crippen molar-refractivity contribution in [2.45, 2.75) is 24.6 Å². The number of halogens is 1. The Labute approximate surface area is 138 Å². The number of rotatable bonds is 4. The molecule has 1 aromatic carbocycles. The second kappa shape index (κ2) is 6.61. The summed E-state index contributed by atoms with van der Waals surface area (Å²) in [5.74, 6) is 3.20. The summed E-state index contributed by atoms with van der Waals surface area (Å²) in [5.41, 5.74) is 8.96. The largest absolute Gasteiger partial charge is 0.496 e. The zero-order chi connectivity index (χ0) is 14.8. The van der Waals surface area contributed by atoms with Gasteiger partial charge >= 0.3 is 0 Å². The van der Waals surface area contributed by atoms with E-state index in [2.05, 4.69) is 6.07 Å². The van der Waals surface area contributed by atoms with Gasteiger partial charge in [-0.25, -0.2) is 0 Å². The molecule has 1 atom stereocenters. The molecule has 0 fully saturated rings. The Hall–Kier alpha value is -0.680. The topological polar surface area (TPSA) is 35.2 Å². The second-order valence-corrected chi connectivity index (χ2v) is 7.88. The first-order chi connectivity index (χ1) is 10.2. The molecule has 0 saturated heterocycles. The van der Waals surface area contributed by atoms with E-state index >= 15 is 0 Å². The van der Waals surface area contributed by atoms with Crippen LogP contribution in [0.2, 0.25) is 5.02 Å². The monoisotopic (exact) mass is 339 g/mol. The van der Waals surface area contributed by atoms with Crippen LogP contribution in [0.5, 0.6) is 5.75 Å². The summed E-state index contributed by atoms with van der Waals surface area (Å²) in [4.78, 5) is 2.78. The normalized spacial score (nSPS) is 15.6. The van der Waals surface area contributed by atoms with Gasteiger partial charge in [-0.2, -0.15) is 11.8 Å². The first-order valence-electron chi connectivity index (χ1n) is 6.94. The van der Waals surface area contributed by atoms with Gasteiger partial charge in [0.05, 0.1) is 7.11 Å². The lowest BCUT2D eigenvalue weighted by molar-refractivity contribution is 0.408. The Bertz CT molecular complexity index is 618. The highest BCUT2D eigenvalue weighted by Gasteiger charge is 2.18. The van der Waals surface area contributed by atoms with Crippen LogP contribution in [-0.2, 0) is 18.6 Å². The molecule has 112 valence electrons. The molecule has 1 aliphatic rings. The maximum Gasteiger partial charge on any atom is 0.122 e. The smallest absolute Gasteiger partial charge is 0.122 e. The van der Waals surface area contributed by atoms with Crippen LogP contribution in [0.1, 0.15) is 26.9 Å². The van der Waals surface area contributed by atoms with Crippen LogP contribution in [0.4, 0.5) is 0 Å². The Balaban J connectivity index is 1.81. The van der Waals surface area contributed by atoms with Crippen molar-refractivity contribution < 1.29 is 4.74 Å². The van der Waals surface area contributed by atoms with Gasteiger partial charge in [-0.1, -0.05) is 11.6 Å². The highest BCUT2D eigenvalue weighted by atomic mass is 35.5. The molecular formula is C16H18ClNOS2. The SMILES string of the molecule is COc1ccc(Cl)cc1CC(N)c1cc2c(s1)CCSC2. The van der Waals surface area contributed by atoms with Crippen molar-refractivity contribution >= 4 is 34.7 Å². The van der Waals surface area contributed by atoms with E-state index in [4.69, 9.17) is 22.1 Å². The molecule has 3 rings (SSSR count). The summed E-state index contributed by atoms with van der Waals surface area (Å²) in [6.45, 7) is 0. The molecule has 2 N–H and O–H groups in total. The number of hydrogen-bond acceptors (Lipinski definition) is 4. The second-order valence-electron chi connectivity index (χ2n) is 5.17. The lowest BCUT2D eigenvalue weighted by atomic mass is 10.0. The predicted octanol–water partition coefficient (Wildman–Crippen LogP) is 4.44. The molecule has 0 aliphatic carbocycles. The number of nitrogens with two attached hydrogens (primary N) is 1. The van der Waals surface area contributed by atoms with E-state index < -0.39 is 0 Å². The van der Waals surface area contributed by atoms with E-state index in [1.165, 1.54) is 27.5 Å². The average molecular weight is 340 g/mol. The number of hydrogen-bond donors (Lipinski definition) is 1. The third-order valence-corrected chi connectivity index (χ3v) is 6.31. The standard InChI is InChI=1S/C16H18ClNOS2/c1-19-14-3-2-12(17)6-10(14)7-13(18)16-8-11-9-20-5-4-15(11)21-16/h2-3,6,8,13H,4-5,7,9,18H2,1H3. The molecule has 1 aromatic heterocycles. The Morgan fingerprint density at radius 1 is 1.38 bits per heavy atom. The summed E-state index contributed by atoms with van der Waals surface area (Å²) in [6, 6.07) is 7.98. The molecule has 1 unspecified atom stereocenters. The molecule has 5 heteroatoms. The van der Waals surface area contributed by atoms with Crippen molar-refractivity contribution in [3.63, 3.8) is 0 Å². The van der Waals surface area contributed by atoms with Crippen molar-refractivity contribution in [2.75, 3.05) is 12.9 Å². The minimum Gasteiger partial charge on any atom is -0.496 e. The minimum absolute atomic E-state index is 0.00188. The lowest BCUT2D eigenvalue weighted by Gasteiger charge is -2.13. The van der Waals surface area contributed by atoms with Gasteiger partial charge in [0, 0.05) is 26.6 Å².